The average Bonchev–Trinajstić information content (AvgIpc) is 2.79. The lowest BCUT2D eigenvalue weighted by Gasteiger charge is -2.02. The van der Waals surface area contributed by atoms with Crippen LogP contribution in [0.3, 0.4) is 0 Å². The second-order valence-electron chi connectivity index (χ2n) is 3.58. The van der Waals surface area contributed by atoms with Crippen LogP contribution in [0.25, 0.3) is 10.6 Å². The molecular weight excluding hydrogens is 232 g/mol. The summed E-state index contributed by atoms with van der Waals surface area (Å²) in [7, 11) is 0. The second kappa shape index (κ2) is 4.40. The fourth-order valence-electron chi connectivity index (χ4n) is 1.45. The summed E-state index contributed by atoms with van der Waals surface area (Å²) < 4.78 is 0. The lowest BCUT2D eigenvalue weighted by molar-refractivity contribution is 0.0996. The Morgan fingerprint density at radius 2 is 2.29 bits per heavy atom. The molecule has 1 aromatic heterocycles. The molecule has 2 aromatic rings. The zero-order chi connectivity index (χ0) is 12.4. The van der Waals surface area contributed by atoms with Gasteiger partial charge in [0, 0.05) is 16.5 Å². The molecule has 0 aliphatic heterocycles. The molecule has 0 saturated heterocycles. The van der Waals surface area contributed by atoms with E-state index in [2.05, 4.69) is 10.9 Å². The van der Waals surface area contributed by atoms with Crippen molar-refractivity contribution in [1.29, 1.82) is 0 Å². The van der Waals surface area contributed by atoms with Crippen molar-refractivity contribution in [3.05, 3.63) is 40.4 Å². The van der Waals surface area contributed by atoms with Crippen molar-refractivity contribution >= 4 is 17.2 Å². The number of thiazole rings is 1. The maximum atomic E-state index is 11.0. The van der Waals surface area contributed by atoms with E-state index in [-0.39, 0.29) is 5.69 Å². The van der Waals surface area contributed by atoms with Gasteiger partial charge in [0.05, 0.1) is 0 Å². The van der Waals surface area contributed by atoms with E-state index in [0.717, 1.165) is 21.7 Å². The molecule has 0 bridgehead atoms. The highest BCUT2D eigenvalue weighted by Gasteiger charge is 2.10. The van der Waals surface area contributed by atoms with Crippen LogP contribution >= 0.6 is 11.3 Å². The van der Waals surface area contributed by atoms with Crippen molar-refractivity contribution in [3.63, 3.8) is 0 Å². The summed E-state index contributed by atoms with van der Waals surface area (Å²) in [6.07, 6.45) is 5.36. The van der Waals surface area contributed by atoms with Gasteiger partial charge < -0.3 is 5.73 Å². The molecule has 0 aliphatic carbocycles. The minimum atomic E-state index is -0.516. The van der Waals surface area contributed by atoms with Crippen LogP contribution in [0.5, 0.6) is 0 Å². The highest BCUT2D eigenvalue weighted by atomic mass is 32.1. The van der Waals surface area contributed by atoms with Crippen LogP contribution < -0.4 is 5.73 Å². The summed E-state index contributed by atoms with van der Waals surface area (Å²) in [5.74, 6) is 2.06. The number of nitrogens with zero attached hydrogens (tertiary/aromatic N) is 1. The van der Waals surface area contributed by atoms with Crippen LogP contribution in [0.2, 0.25) is 0 Å². The fraction of sp³-hybridized carbons (Fsp3) is 0.0769. The second-order valence-corrected chi connectivity index (χ2v) is 4.43. The molecule has 0 aliphatic rings. The number of hydrogen-bond donors (Lipinski definition) is 1. The summed E-state index contributed by atoms with van der Waals surface area (Å²) in [6, 6.07) is 5.70. The molecule has 1 amide bonds. The van der Waals surface area contributed by atoms with Crippen LogP contribution in [-0.2, 0) is 0 Å². The Labute approximate surface area is 103 Å². The number of hydrogen-bond acceptors (Lipinski definition) is 3. The molecule has 84 valence electrons. The van der Waals surface area contributed by atoms with Gasteiger partial charge in [-0.2, -0.15) is 0 Å². The van der Waals surface area contributed by atoms with Crippen LogP contribution in [-0.4, -0.2) is 10.9 Å². The van der Waals surface area contributed by atoms with Gasteiger partial charge in [-0.1, -0.05) is 12.0 Å². The summed E-state index contributed by atoms with van der Waals surface area (Å²) in [6.45, 7) is 1.97. The Hall–Kier alpha value is -2.12. The third-order valence-corrected chi connectivity index (χ3v) is 3.27. The van der Waals surface area contributed by atoms with E-state index in [1.807, 2.05) is 25.1 Å². The number of aromatic nitrogens is 1. The summed E-state index contributed by atoms with van der Waals surface area (Å²) in [5, 5.41) is 2.41. The molecule has 0 atom stereocenters. The van der Waals surface area contributed by atoms with Gasteiger partial charge in [-0.05, 0) is 24.6 Å². The topological polar surface area (TPSA) is 56.0 Å². The Bertz CT molecular complexity index is 623. The van der Waals surface area contributed by atoms with Gasteiger partial charge in [0.2, 0.25) is 0 Å². The summed E-state index contributed by atoms with van der Waals surface area (Å²) >= 11 is 1.38. The summed E-state index contributed by atoms with van der Waals surface area (Å²) in [5.41, 5.74) is 8.26. The number of benzene rings is 1. The highest BCUT2D eigenvalue weighted by Crippen LogP contribution is 2.27. The highest BCUT2D eigenvalue weighted by molar-refractivity contribution is 7.13. The number of carbonyl (C=O) groups is 1. The molecule has 2 rings (SSSR count). The molecule has 0 fully saturated rings. The zero-order valence-electron chi connectivity index (χ0n) is 9.23. The van der Waals surface area contributed by atoms with Gasteiger partial charge in [0.25, 0.3) is 5.91 Å². The third kappa shape index (κ3) is 2.19. The number of aryl methyl sites for hydroxylation is 1. The van der Waals surface area contributed by atoms with E-state index >= 15 is 0 Å². The van der Waals surface area contributed by atoms with Gasteiger partial charge in [-0.25, -0.2) is 4.98 Å². The van der Waals surface area contributed by atoms with E-state index in [0.29, 0.717) is 0 Å². The first-order chi connectivity index (χ1) is 8.11. The maximum absolute atomic E-state index is 11.0. The smallest absolute Gasteiger partial charge is 0.268 e. The van der Waals surface area contributed by atoms with Crippen LogP contribution in [0.1, 0.15) is 21.6 Å². The van der Waals surface area contributed by atoms with E-state index in [1.54, 1.807) is 5.38 Å². The maximum Gasteiger partial charge on any atom is 0.268 e. The molecule has 1 heterocycles. The minimum Gasteiger partial charge on any atom is -0.364 e. The Morgan fingerprint density at radius 3 is 2.88 bits per heavy atom. The van der Waals surface area contributed by atoms with Crippen LogP contribution in [0.4, 0.5) is 0 Å². The Balaban J connectivity index is 2.52. The van der Waals surface area contributed by atoms with E-state index < -0.39 is 5.91 Å². The predicted molar refractivity (Wildman–Crippen MR) is 68.7 cm³/mol. The minimum absolute atomic E-state index is 0.288. The average molecular weight is 242 g/mol. The van der Waals surface area contributed by atoms with Gasteiger partial charge in [-0.15, -0.1) is 17.8 Å². The first kappa shape index (κ1) is 11.4. The lowest BCUT2D eigenvalue weighted by atomic mass is 10.1. The van der Waals surface area contributed by atoms with Crippen LogP contribution in [0.15, 0.2) is 23.6 Å². The monoisotopic (exact) mass is 242 g/mol. The predicted octanol–water partition coefficient (Wildman–Crippen LogP) is 2.20. The third-order valence-electron chi connectivity index (χ3n) is 2.39. The molecule has 0 radical (unpaired) electrons. The van der Waals surface area contributed by atoms with Crippen molar-refractivity contribution in [2.45, 2.75) is 6.92 Å². The van der Waals surface area contributed by atoms with Crippen molar-refractivity contribution in [3.8, 4) is 22.9 Å². The molecule has 0 unspecified atom stereocenters. The molecular formula is C13H10N2OS. The van der Waals surface area contributed by atoms with Crippen molar-refractivity contribution < 1.29 is 4.79 Å². The van der Waals surface area contributed by atoms with Gasteiger partial charge in [0.1, 0.15) is 10.7 Å². The first-order valence-corrected chi connectivity index (χ1v) is 5.82. The first-order valence-electron chi connectivity index (χ1n) is 4.95. The van der Waals surface area contributed by atoms with Crippen molar-refractivity contribution in [2.24, 2.45) is 5.73 Å². The largest absolute Gasteiger partial charge is 0.364 e. The molecule has 17 heavy (non-hydrogen) atoms. The number of rotatable bonds is 2. The molecule has 0 spiro atoms. The number of amides is 1. The lowest BCUT2D eigenvalue weighted by Crippen LogP contribution is -2.10. The molecule has 0 saturated carbocycles. The molecule has 4 heteroatoms. The van der Waals surface area contributed by atoms with Crippen molar-refractivity contribution in [2.75, 3.05) is 0 Å². The van der Waals surface area contributed by atoms with Crippen LogP contribution in [0, 0.1) is 19.3 Å². The van der Waals surface area contributed by atoms with E-state index in [9.17, 15) is 4.79 Å². The van der Waals surface area contributed by atoms with Gasteiger partial charge in [0.15, 0.2) is 0 Å². The molecule has 3 nitrogen and oxygen atoms in total. The summed E-state index contributed by atoms with van der Waals surface area (Å²) in [4.78, 5) is 15.2. The number of primary amides is 1. The Morgan fingerprint density at radius 1 is 1.53 bits per heavy atom. The molecule has 2 N–H and O–H groups in total. The van der Waals surface area contributed by atoms with Gasteiger partial charge >= 0.3 is 0 Å². The Kier molecular flexibility index (Phi) is 2.94. The SMILES string of the molecule is C#Cc1ccc(C)c(-c2nc(C(N)=O)cs2)c1. The van der Waals surface area contributed by atoms with E-state index in [1.165, 1.54) is 11.3 Å². The fourth-order valence-corrected chi connectivity index (χ4v) is 2.34. The van der Waals surface area contributed by atoms with Gasteiger partial charge in [-0.3, -0.25) is 4.79 Å². The molecule has 1 aromatic carbocycles. The standard InChI is InChI=1S/C13H10N2OS/c1-3-9-5-4-8(2)10(6-9)13-15-11(7-17-13)12(14)16/h1,4-7H,2H3,(H2,14,16). The number of nitrogens with two attached hydrogens (primary N) is 1. The number of terminal acetylenes is 1. The normalized spacial score (nSPS) is 9.88. The number of carbonyl (C=O) groups excluding carboxylic acids is 1. The van der Waals surface area contributed by atoms with Crippen molar-refractivity contribution in [1.82, 2.24) is 4.98 Å². The zero-order valence-corrected chi connectivity index (χ0v) is 10.0. The quantitative estimate of drug-likeness (QED) is 0.821. The van der Waals surface area contributed by atoms with E-state index in [4.69, 9.17) is 12.2 Å².